The van der Waals surface area contributed by atoms with Gasteiger partial charge in [-0.25, -0.2) is 4.79 Å². The molecule has 1 fully saturated rings. The molecule has 5 heteroatoms. The number of hydrogen-bond acceptors (Lipinski definition) is 4. The van der Waals surface area contributed by atoms with Crippen LogP contribution >= 0.6 is 0 Å². The smallest absolute Gasteiger partial charge is 0.328 e. The van der Waals surface area contributed by atoms with Crippen LogP contribution < -0.4 is 5.32 Å². The fraction of sp³-hybridized carbons (Fsp3) is 0.536. The quantitative estimate of drug-likeness (QED) is 0.477. The molecule has 0 heterocycles. The SMILES string of the molecule is COC(=O)C(Cc1ccccc1)NC(=O)C1=CC2=C(CCCC2)C(CC2CCCCC2)C1=O. The van der Waals surface area contributed by atoms with E-state index >= 15 is 0 Å². The number of esters is 1. The number of allylic oxidation sites excluding steroid dienone is 3. The van der Waals surface area contributed by atoms with Crippen molar-refractivity contribution in [2.75, 3.05) is 7.11 Å². The van der Waals surface area contributed by atoms with Gasteiger partial charge in [-0.1, -0.05) is 68.0 Å². The Morgan fingerprint density at radius 2 is 1.76 bits per heavy atom. The van der Waals surface area contributed by atoms with Crippen molar-refractivity contribution in [3.05, 3.63) is 58.7 Å². The highest BCUT2D eigenvalue weighted by atomic mass is 16.5. The third-order valence-electron chi connectivity index (χ3n) is 7.49. The first-order valence-electron chi connectivity index (χ1n) is 12.5. The van der Waals surface area contributed by atoms with Gasteiger partial charge >= 0.3 is 5.97 Å². The van der Waals surface area contributed by atoms with Crippen molar-refractivity contribution in [1.82, 2.24) is 5.32 Å². The second-order valence-electron chi connectivity index (χ2n) is 9.71. The molecule has 33 heavy (non-hydrogen) atoms. The number of hydrogen-bond donors (Lipinski definition) is 1. The summed E-state index contributed by atoms with van der Waals surface area (Å²) in [4.78, 5) is 39.3. The van der Waals surface area contributed by atoms with Gasteiger partial charge in [-0.15, -0.1) is 0 Å². The van der Waals surface area contributed by atoms with Gasteiger partial charge in [0.1, 0.15) is 6.04 Å². The van der Waals surface area contributed by atoms with Crippen LogP contribution in [0.4, 0.5) is 0 Å². The zero-order valence-electron chi connectivity index (χ0n) is 19.6. The summed E-state index contributed by atoms with van der Waals surface area (Å²) in [5, 5.41) is 2.81. The normalized spacial score (nSPS) is 22.3. The monoisotopic (exact) mass is 449 g/mol. The summed E-state index contributed by atoms with van der Waals surface area (Å²) in [6.07, 6.45) is 13.2. The van der Waals surface area contributed by atoms with E-state index in [1.54, 1.807) is 6.08 Å². The van der Waals surface area contributed by atoms with Crippen LogP contribution in [-0.4, -0.2) is 30.8 Å². The molecule has 4 rings (SSSR count). The predicted octanol–water partition coefficient (Wildman–Crippen LogP) is 4.85. The molecule has 0 saturated heterocycles. The Bertz CT molecular complexity index is 940. The molecule has 0 spiro atoms. The fourth-order valence-electron chi connectivity index (χ4n) is 5.71. The zero-order valence-corrected chi connectivity index (χ0v) is 19.6. The van der Waals surface area contributed by atoms with Crippen LogP contribution in [0.25, 0.3) is 0 Å². The maximum atomic E-state index is 13.6. The lowest BCUT2D eigenvalue weighted by molar-refractivity contribution is -0.144. The van der Waals surface area contributed by atoms with Crippen molar-refractivity contribution >= 4 is 17.7 Å². The summed E-state index contributed by atoms with van der Waals surface area (Å²) in [5.74, 6) is -0.655. The number of Topliss-reactive ketones (excluding diaryl/α,β-unsaturated/α-hetero) is 1. The number of ether oxygens (including phenoxy) is 1. The fourth-order valence-corrected chi connectivity index (χ4v) is 5.71. The zero-order chi connectivity index (χ0) is 23.2. The predicted molar refractivity (Wildman–Crippen MR) is 127 cm³/mol. The molecule has 1 N–H and O–H groups in total. The first-order chi connectivity index (χ1) is 16.1. The molecule has 1 aromatic rings. The molecule has 0 radical (unpaired) electrons. The van der Waals surface area contributed by atoms with E-state index in [0.717, 1.165) is 37.7 Å². The Balaban J connectivity index is 1.54. The van der Waals surface area contributed by atoms with E-state index in [2.05, 4.69) is 5.32 Å². The van der Waals surface area contributed by atoms with Crippen LogP contribution in [0.1, 0.15) is 69.8 Å². The molecule has 0 aliphatic heterocycles. The van der Waals surface area contributed by atoms with Crippen molar-refractivity contribution in [3.63, 3.8) is 0 Å². The topological polar surface area (TPSA) is 72.5 Å². The Morgan fingerprint density at radius 1 is 1.03 bits per heavy atom. The molecule has 0 aromatic heterocycles. The molecule has 176 valence electrons. The van der Waals surface area contributed by atoms with E-state index < -0.39 is 17.9 Å². The number of methoxy groups -OCH3 is 1. The van der Waals surface area contributed by atoms with Gasteiger partial charge in [0.15, 0.2) is 5.78 Å². The number of carbonyl (C=O) groups is 3. The summed E-state index contributed by atoms with van der Waals surface area (Å²) < 4.78 is 4.94. The highest BCUT2D eigenvalue weighted by molar-refractivity contribution is 6.22. The third kappa shape index (κ3) is 5.63. The van der Waals surface area contributed by atoms with Gasteiger partial charge < -0.3 is 10.1 Å². The van der Waals surface area contributed by atoms with Crippen LogP contribution in [0.2, 0.25) is 0 Å². The van der Waals surface area contributed by atoms with Gasteiger partial charge in [-0.05, 0) is 55.2 Å². The summed E-state index contributed by atoms with van der Waals surface area (Å²) in [6, 6.07) is 8.68. The first-order valence-corrected chi connectivity index (χ1v) is 12.5. The van der Waals surface area contributed by atoms with Crippen LogP contribution in [0.3, 0.4) is 0 Å². The molecule has 5 nitrogen and oxygen atoms in total. The van der Waals surface area contributed by atoms with Gasteiger partial charge in [-0.2, -0.15) is 0 Å². The summed E-state index contributed by atoms with van der Waals surface area (Å²) in [6.45, 7) is 0. The minimum absolute atomic E-state index is 0.0675. The molecular weight excluding hydrogens is 414 g/mol. The maximum Gasteiger partial charge on any atom is 0.328 e. The van der Waals surface area contributed by atoms with E-state index in [-0.39, 0.29) is 17.3 Å². The number of carbonyl (C=O) groups excluding carboxylic acids is 3. The average Bonchev–Trinajstić information content (AvgIpc) is 2.86. The number of nitrogens with one attached hydrogen (secondary N) is 1. The lowest BCUT2D eigenvalue weighted by atomic mass is 9.70. The molecule has 0 bridgehead atoms. The van der Waals surface area contributed by atoms with Crippen molar-refractivity contribution in [2.45, 2.75) is 76.7 Å². The Kier molecular flexibility index (Phi) is 7.79. The molecule has 1 aromatic carbocycles. The number of rotatable bonds is 7. The Labute approximate surface area is 196 Å². The number of amides is 1. The van der Waals surface area contributed by atoms with Crippen LogP contribution in [0.5, 0.6) is 0 Å². The second-order valence-corrected chi connectivity index (χ2v) is 9.71. The Morgan fingerprint density at radius 3 is 2.48 bits per heavy atom. The van der Waals surface area contributed by atoms with Gasteiger partial charge in [-0.3, -0.25) is 9.59 Å². The highest BCUT2D eigenvalue weighted by Gasteiger charge is 2.37. The van der Waals surface area contributed by atoms with Crippen LogP contribution in [0, 0.1) is 11.8 Å². The van der Waals surface area contributed by atoms with Gasteiger partial charge in [0.05, 0.1) is 12.7 Å². The summed E-state index contributed by atoms with van der Waals surface area (Å²) in [5.41, 5.74) is 3.56. The molecule has 1 saturated carbocycles. The van der Waals surface area contributed by atoms with Crippen molar-refractivity contribution in [3.8, 4) is 0 Å². The highest BCUT2D eigenvalue weighted by Crippen LogP contribution is 2.41. The van der Waals surface area contributed by atoms with Gasteiger partial charge in [0.2, 0.25) is 0 Å². The van der Waals surface area contributed by atoms with Crippen molar-refractivity contribution in [1.29, 1.82) is 0 Å². The van der Waals surface area contributed by atoms with Crippen molar-refractivity contribution in [2.24, 2.45) is 11.8 Å². The van der Waals surface area contributed by atoms with Gasteiger partial charge in [0.25, 0.3) is 5.91 Å². The first kappa shape index (κ1) is 23.5. The molecule has 3 aliphatic rings. The summed E-state index contributed by atoms with van der Waals surface area (Å²) >= 11 is 0. The van der Waals surface area contributed by atoms with E-state index in [9.17, 15) is 14.4 Å². The maximum absolute atomic E-state index is 13.6. The Hall–Kier alpha value is -2.69. The minimum atomic E-state index is -0.836. The number of benzene rings is 1. The largest absolute Gasteiger partial charge is 0.467 e. The number of ketones is 1. The third-order valence-corrected chi connectivity index (χ3v) is 7.49. The van der Waals surface area contributed by atoms with Crippen molar-refractivity contribution < 1.29 is 19.1 Å². The lowest BCUT2D eigenvalue weighted by Crippen LogP contribution is -2.45. The van der Waals surface area contributed by atoms with E-state index in [4.69, 9.17) is 4.74 Å². The standard InChI is InChI=1S/C28H35NO4/c1-33-28(32)25(17-20-12-6-3-7-13-20)29-27(31)24-18-21-14-8-9-15-22(21)23(26(24)30)16-19-10-4-2-5-11-19/h3,6-7,12-13,18-19,23,25H,2,4-5,8-11,14-17H2,1H3,(H,29,31). The van der Waals surface area contributed by atoms with E-state index in [1.807, 2.05) is 30.3 Å². The molecule has 2 unspecified atom stereocenters. The summed E-state index contributed by atoms with van der Waals surface area (Å²) in [7, 11) is 1.32. The molecule has 2 atom stereocenters. The minimum Gasteiger partial charge on any atom is -0.467 e. The van der Waals surface area contributed by atoms with E-state index in [0.29, 0.717) is 12.3 Å². The van der Waals surface area contributed by atoms with Gasteiger partial charge in [0, 0.05) is 12.3 Å². The lowest BCUT2D eigenvalue weighted by Gasteiger charge is -2.33. The molecule has 1 amide bonds. The van der Waals surface area contributed by atoms with E-state index in [1.165, 1.54) is 50.4 Å². The average molecular weight is 450 g/mol. The van der Waals surface area contributed by atoms with Crippen LogP contribution in [-0.2, 0) is 25.5 Å². The van der Waals surface area contributed by atoms with Crippen LogP contribution in [0.15, 0.2) is 53.1 Å². The molecular formula is C28H35NO4. The second kappa shape index (κ2) is 11.0. The molecule has 3 aliphatic carbocycles.